The Bertz CT molecular complexity index is 348. The van der Waals surface area contributed by atoms with Crippen LogP contribution >= 0.6 is 0 Å². The molecule has 1 aliphatic heterocycles. The monoisotopic (exact) mass is 210 g/mol. The average Bonchev–Trinajstić information content (AvgIpc) is 2.87. The van der Waals surface area contributed by atoms with Crippen LogP contribution < -0.4 is 0 Å². The Labute approximate surface area is 87.9 Å². The van der Waals surface area contributed by atoms with E-state index in [9.17, 15) is 15.0 Å². The van der Waals surface area contributed by atoms with E-state index >= 15 is 0 Å². The van der Waals surface area contributed by atoms with E-state index in [0.717, 1.165) is 0 Å². The number of allylic oxidation sites excluding steroid dienone is 1. The predicted octanol–water partition coefficient (Wildman–Crippen LogP) is -0.0491. The molecule has 0 spiro atoms. The number of aliphatic hydroxyl groups excluding tert-OH is 1. The first kappa shape index (κ1) is 10.5. The smallest absolute Gasteiger partial charge is 0.194 e. The van der Waals surface area contributed by atoms with Crippen LogP contribution in [0.4, 0.5) is 0 Å². The summed E-state index contributed by atoms with van der Waals surface area (Å²) in [6.07, 6.45) is 2.98. The van der Waals surface area contributed by atoms with Crippen LogP contribution in [0, 0.1) is 0 Å². The summed E-state index contributed by atoms with van der Waals surface area (Å²) >= 11 is 0. The number of carbonyl (C=O) groups excluding carboxylic acids is 1. The Hall–Kier alpha value is -0.970. The Kier molecular flexibility index (Phi) is 2.30. The molecular weight excluding hydrogens is 196 g/mol. The molecule has 4 nitrogen and oxygen atoms in total. The molecule has 0 aromatic heterocycles. The second-order valence-electron chi connectivity index (χ2n) is 4.49. The van der Waals surface area contributed by atoms with E-state index in [1.165, 1.54) is 18.2 Å². The first-order valence-corrected chi connectivity index (χ1v) is 4.90. The Morgan fingerprint density at radius 3 is 2.80 bits per heavy atom. The Balaban J connectivity index is 2.15. The number of ketones is 1. The van der Waals surface area contributed by atoms with Crippen LogP contribution in [-0.4, -0.2) is 39.9 Å². The minimum absolute atomic E-state index is 0.120. The lowest BCUT2D eigenvalue weighted by atomic mass is 9.94. The van der Waals surface area contributed by atoms with Gasteiger partial charge in [0.1, 0.15) is 18.3 Å². The van der Waals surface area contributed by atoms with E-state index in [2.05, 4.69) is 0 Å². The van der Waals surface area contributed by atoms with Gasteiger partial charge in [0.05, 0.1) is 5.60 Å². The fraction of sp³-hybridized carbons (Fsp3) is 0.545. The third kappa shape index (κ3) is 2.17. The fourth-order valence-electron chi connectivity index (χ4n) is 1.55. The van der Waals surface area contributed by atoms with Crippen LogP contribution in [0.2, 0.25) is 0 Å². The molecule has 0 saturated carbocycles. The van der Waals surface area contributed by atoms with Gasteiger partial charge in [0.25, 0.3) is 0 Å². The number of hydrogen-bond acceptors (Lipinski definition) is 4. The van der Waals surface area contributed by atoms with Crippen LogP contribution in [0.15, 0.2) is 23.8 Å². The van der Waals surface area contributed by atoms with Gasteiger partial charge in [0.2, 0.25) is 0 Å². The van der Waals surface area contributed by atoms with E-state index < -0.39 is 17.8 Å². The number of ether oxygens (including phenoxy) is 1. The van der Waals surface area contributed by atoms with Gasteiger partial charge < -0.3 is 14.9 Å². The summed E-state index contributed by atoms with van der Waals surface area (Å²) < 4.78 is 5.02. The van der Waals surface area contributed by atoms with E-state index in [1.54, 1.807) is 13.8 Å². The van der Waals surface area contributed by atoms with Crippen molar-refractivity contribution in [3.05, 3.63) is 23.8 Å². The van der Waals surface area contributed by atoms with Crippen LogP contribution in [0.1, 0.15) is 13.8 Å². The number of Topliss-reactive ketones (excluding diaryl/α,β-unsaturated/α-hetero) is 1. The van der Waals surface area contributed by atoms with Crippen molar-refractivity contribution in [3.63, 3.8) is 0 Å². The number of carbonyl (C=O) groups is 1. The molecule has 1 fully saturated rings. The third-order valence-electron chi connectivity index (χ3n) is 2.43. The fourth-order valence-corrected chi connectivity index (χ4v) is 1.55. The first-order chi connectivity index (χ1) is 6.88. The minimum atomic E-state index is -0.965. The number of rotatable bonds is 2. The molecule has 0 amide bonds. The quantitative estimate of drug-likeness (QED) is 0.627. The minimum Gasteiger partial charge on any atom is -0.386 e. The second kappa shape index (κ2) is 3.27. The van der Waals surface area contributed by atoms with Gasteiger partial charge in [-0.05, 0) is 19.9 Å². The molecule has 1 aliphatic carbocycles. The Morgan fingerprint density at radius 1 is 1.53 bits per heavy atom. The first-order valence-electron chi connectivity index (χ1n) is 4.90. The topological polar surface area (TPSA) is 70.1 Å². The SMILES string of the molecule is CC(C)(O)/C=C/C1=C[C@@H](O)[C@@H]2O[C@@H]2C1=O. The summed E-state index contributed by atoms with van der Waals surface area (Å²) in [6, 6.07) is 0. The molecule has 0 radical (unpaired) electrons. The van der Waals surface area contributed by atoms with E-state index in [0.29, 0.717) is 5.57 Å². The molecule has 82 valence electrons. The lowest BCUT2D eigenvalue weighted by Gasteiger charge is -2.13. The maximum atomic E-state index is 11.6. The normalized spacial score (nSPS) is 35.3. The molecular formula is C11H14O4. The molecule has 0 aromatic rings. The highest BCUT2D eigenvalue weighted by molar-refractivity contribution is 6.04. The van der Waals surface area contributed by atoms with Gasteiger partial charge in [-0.3, -0.25) is 4.79 Å². The second-order valence-corrected chi connectivity index (χ2v) is 4.49. The summed E-state index contributed by atoms with van der Waals surface area (Å²) in [7, 11) is 0. The van der Waals surface area contributed by atoms with Gasteiger partial charge in [-0.2, -0.15) is 0 Å². The van der Waals surface area contributed by atoms with Crippen LogP contribution in [0.25, 0.3) is 0 Å². The number of fused-ring (bicyclic) bond motifs is 1. The largest absolute Gasteiger partial charge is 0.386 e. The molecule has 0 bridgehead atoms. The number of epoxide rings is 1. The number of aliphatic hydroxyl groups is 2. The molecule has 1 heterocycles. The van der Waals surface area contributed by atoms with Crippen molar-refractivity contribution in [2.45, 2.75) is 37.8 Å². The highest BCUT2D eigenvalue weighted by Gasteiger charge is 2.52. The predicted molar refractivity (Wildman–Crippen MR) is 53.2 cm³/mol. The molecule has 1 saturated heterocycles. The summed E-state index contributed by atoms with van der Waals surface area (Å²) in [5, 5.41) is 18.9. The van der Waals surface area contributed by atoms with Gasteiger partial charge in [0.15, 0.2) is 5.78 Å². The van der Waals surface area contributed by atoms with Crippen molar-refractivity contribution in [1.82, 2.24) is 0 Å². The van der Waals surface area contributed by atoms with Crippen molar-refractivity contribution in [1.29, 1.82) is 0 Å². The highest BCUT2D eigenvalue weighted by Crippen LogP contribution is 2.34. The maximum Gasteiger partial charge on any atom is 0.194 e. The Morgan fingerprint density at radius 2 is 2.20 bits per heavy atom. The molecule has 15 heavy (non-hydrogen) atoms. The molecule has 3 atom stereocenters. The molecule has 2 aliphatic rings. The molecule has 2 N–H and O–H groups in total. The highest BCUT2D eigenvalue weighted by atomic mass is 16.6. The summed E-state index contributed by atoms with van der Waals surface area (Å²) in [6.45, 7) is 3.23. The van der Waals surface area contributed by atoms with Crippen LogP contribution in [0.3, 0.4) is 0 Å². The van der Waals surface area contributed by atoms with Gasteiger partial charge in [-0.25, -0.2) is 0 Å². The van der Waals surface area contributed by atoms with Gasteiger partial charge in [-0.1, -0.05) is 12.2 Å². The molecule has 0 unspecified atom stereocenters. The molecule has 4 heteroatoms. The van der Waals surface area contributed by atoms with Crippen molar-refractivity contribution >= 4 is 5.78 Å². The van der Waals surface area contributed by atoms with Crippen LogP contribution in [0.5, 0.6) is 0 Å². The molecule has 2 rings (SSSR count). The van der Waals surface area contributed by atoms with Gasteiger partial charge >= 0.3 is 0 Å². The van der Waals surface area contributed by atoms with Crippen LogP contribution in [-0.2, 0) is 9.53 Å². The standard InChI is InChI=1S/C11H14O4/c1-11(2,14)4-3-6-5-7(12)9-10(15-9)8(6)13/h3-5,7,9-10,12,14H,1-2H3/b4-3+/t7-,9+,10-/m1/s1. The van der Waals surface area contributed by atoms with Crippen molar-refractivity contribution in [3.8, 4) is 0 Å². The van der Waals surface area contributed by atoms with E-state index in [1.807, 2.05) is 0 Å². The summed E-state index contributed by atoms with van der Waals surface area (Å²) in [5.74, 6) is -0.120. The average molecular weight is 210 g/mol. The summed E-state index contributed by atoms with van der Waals surface area (Å²) in [5.41, 5.74) is -0.559. The van der Waals surface area contributed by atoms with Gasteiger partial charge in [0, 0.05) is 5.57 Å². The third-order valence-corrected chi connectivity index (χ3v) is 2.43. The number of hydrogen-bond donors (Lipinski definition) is 2. The van der Waals surface area contributed by atoms with E-state index in [-0.39, 0.29) is 11.9 Å². The van der Waals surface area contributed by atoms with E-state index in [4.69, 9.17) is 4.74 Å². The summed E-state index contributed by atoms with van der Waals surface area (Å²) in [4.78, 5) is 11.6. The maximum absolute atomic E-state index is 11.6. The lowest BCUT2D eigenvalue weighted by molar-refractivity contribution is -0.116. The lowest BCUT2D eigenvalue weighted by Crippen LogP contribution is -2.26. The van der Waals surface area contributed by atoms with Crippen molar-refractivity contribution in [2.75, 3.05) is 0 Å². The zero-order valence-electron chi connectivity index (χ0n) is 8.68. The zero-order chi connectivity index (χ0) is 11.2. The van der Waals surface area contributed by atoms with Gasteiger partial charge in [-0.15, -0.1) is 0 Å². The van der Waals surface area contributed by atoms with Crippen molar-refractivity contribution < 1.29 is 19.7 Å². The molecule has 0 aromatic carbocycles. The van der Waals surface area contributed by atoms with Crippen molar-refractivity contribution in [2.24, 2.45) is 0 Å². The zero-order valence-corrected chi connectivity index (χ0v) is 8.68.